The molecule has 1 aliphatic carbocycles. The van der Waals surface area contributed by atoms with E-state index in [1.54, 1.807) is 12.3 Å². The molecule has 18 heavy (non-hydrogen) atoms. The number of carbonyl (C=O) groups excluding carboxylic acids is 1. The van der Waals surface area contributed by atoms with Gasteiger partial charge in [-0.15, -0.1) is 0 Å². The number of rotatable bonds is 3. The smallest absolute Gasteiger partial charge is 0.268 e. The number of nitrogen functional groups attached to an aromatic ring is 1. The van der Waals surface area contributed by atoms with Gasteiger partial charge < -0.3 is 21.1 Å². The maximum Gasteiger partial charge on any atom is 0.268 e. The normalized spacial score (nSPS) is 28.0. The molecule has 0 aromatic carbocycles. The summed E-state index contributed by atoms with van der Waals surface area (Å²) >= 11 is 0. The zero-order valence-corrected chi connectivity index (χ0v) is 10.7. The van der Waals surface area contributed by atoms with E-state index in [0.29, 0.717) is 17.3 Å². The molecule has 5 N–H and O–H groups in total. The van der Waals surface area contributed by atoms with Crippen LogP contribution in [0.25, 0.3) is 0 Å². The average molecular weight is 251 g/mol. The van der Waals surface area contributed by atoms with Crippen molar-refractivity contribution in [1.82, 2.24) is 10.3 Å². The molecule has 0 bridgehead atoms. The second-order valence-electron chi connectivity index (χ2n) is 5.44. The van der Waals surface area contributed by atoms with E-state index in [4.69, 9.17) is 5.73 Å². The number of carbonyl (C=O) groups is 1. The van der Waals surface area contributed by atoms with Crippen molar-refractivity contribution in [3.8, 4) is 0 Å². The van der Waals surface area contributed by atoms with Gasteiger partial charge >= 0.3 is 0 Å². The highest BCUT2D eigenvalue weighted by molar-refractivity contribution is 5.93. The predicted octanol–water partition coefficient (Wildman–Crippen LogP) is 1.27. The Morgan fingerprint density at radius 3 is 3.06 bits per heavy atom. The summed E-state index contributed by atoms with van der Waals surface area (Å²) in [4.78, 5) is 14.9. The Hall–Kier alpha value is -1.49. The predicted molar refractivity (Wildman–Crippen MR) is 70.1 cm³/mol. The first-order valence-electron chi connectivity index (χ1n) is 6.42. The Labute approximate surface area is 107 Å². The molecule has 0 saturated heterocycles. The maximum atomic E-state index is 12.1. The Morgan fingerprint density at radius 2 is 2.50 bits per heavy atom. The number of amides is 1. The van der Waals surface area contributed by atoms with Crippen LogP contribution in [0, 0.1) is 5.92 Å². The molecule has 1 fully saturated rings. The van der Waals surface area contributed by atoms with E-state index >= 15 is 0 Å². The summed E-state index contributed by atoms with van der Waals surface area (Å²) < 4.78 is 0. The lowest BCUT2D eigenvalue weighted by Crippen LogP contribution is -2.53. The van der Waals surface area contributed by atoms with E-state index in [1.165, 1.54) is 0 Å². The fourth-order valence-corrected chi connectivity index (χ4v) is 2.81. The number of hydrogen-bond acceptors (Lipinski definition) is 3. The van der Waals surface area contributed by atoms with Crippen molar-refractivity contribution in [2.24, 2.45) is 5.92 Å². The second kappa shape index (κ2) is 5.02. The van der Waals surface area contributed by atoms with Crippen LogP contribution in [0.15, 0.2) is 12.3 Å². The monoisotopic (exact) mass is 251 g/mol. The van der Waals surface area contributed by atoms with Crippen molar-refractivity contribution in [2.45, 2.75) is 38.1 Å². The summed E-state index contributed by atoms with van der Waals surface area (Å²) in [5.41, 5.74) is 6.08. The van der Waals surface area contributed by atoms with Gasteiger partial charge in [-0.05, 0) is 24.8 Å². The van der Waals surface area contributed by atoms with Crippen LogP contribution >= 0.6 is 0 Å². The van der Waals surface area contributed by atoms with Gasteiger partial charge in [-0.2, -0.15) is 0 Å². The third-order valence-electron chi connectivity index (χ3n) is 3.72. The van der Waals surface area contributed by atoms with Crippen molar-refractivity contribution in [3.63, 3.8) is 0 Å². The number of aliphatic hydroxyl groups excluding tert-OH is 1. The number of aromatic amines is 1. The topological polar surface area (TPSA) is 91.1 Å². The van der Waals surface area contributed by atoms with Gasteiger partial charge in [0.2, 0.25) is 0 Å². The number of aliphatic hydroxyl groups is 1. The van der Waals surface area contributed by atoms with Gasteiger partial charge in [0.25, 0.3) is 5.91 Å². The lowest BCUT2D eigenvalue weighted by molar-refractivity contribution is 0.0693. The number of nitrogens with one attached hydrogen (secondary N) is 2. The van der Waals surface area contributed by atoms with Crippen LogP contribution in [0.5, 0.6) is 0 Å². The minimum Gasteiger partial charge on any atom is -0.397 e. The Morgan fingerprint density at radius 1 is 1.72 bits per heavy atom. The number of hydrogen-bond donors (Lipinski definition) is 4. The summed E-state index contributed by atoms with van der Waals surface area (Å²) in [6, 6.07) is 1.60. The van der Waals surface area contributed by atoms with E-state index in [1.807, 2.05) is 0 Å². The molecule has 1 aromatic heterocycles. The quantitative estimate of drug-likeness (QED) is 0.652. The molecule has 1 aromatic rings. The molecule has 1 heterocycles. The van der Waals surface area contributed by atoms with Crippen molar-refractivity contribution in [3.05, 3.63) is 18.0 Å². The van der Waals surface area contributed by atoms with Gasteiger partial charge in [-0.3, -0.25) is 4.79 Å². The number of H-pyrrole nitrogens is 1. The fraction of sp³-hybridized carbons (Fsp3) is 0.615. The van der Waals surface area contributed by atoms with Crippen molar-refractivity contribution >= 4 is 11.6 Å². The number of aromatic nitrogens is 1. The van der Waals surface area contributed by atoms with Crippen LogP contribution < -0.4 is 11.1 Å². The zero-order chi connectivity index (χ0) is 13.2. The Bertz CT molecular complexity index is 430. The summed E-state index contributed by atoms with van der Waals surface area (Å²) in [6.07, 6.45) is 5.44. The van der Waals surface area contributed by atoms with Gasteiger partial charge in [-0.1, -0.05) is 19.8 Å². The zero-order valence-electron chi connectivity index (χ0n) is 10.7. The summed E-state index contributed by atoms with van der Waals surface area (Å²) in [7, 11) is 0. The van der Waals surface area contributed by atoms with Gasteiger partial charge in [-0.25, -0.2) is 0 Å². The minimum absolute atomic E-state index is 0.0146. The molecule has 2 atom stereocenters. The second-order valence-corrected chi connectivity index (χ2v) is 5.44. The fourth-order valence-electron chi connectivity index (χ4n) is 2.81. The lowest BCUT2D eigenvalue weighted by Gasteiger charge is -2.39. The summed E-state index contributed by atoms with van der Waals surface area (Å²) in [5, 5.41) is 12.6. The first-order valence-corrected chi connectivity index (χ1v) is 6.42. The average Bonchev–Trinajstić information content (AvgIpc) is 2.76. The Kier molecular flexibility index (Phi) is 3.61. The highest BCUT2D eigenvalue weighted by atomic mass is 16.3. The van der Waals surface area contributed by atoms with Crippen LogP contribution in [0.3, 0.4) is 0 Å². The molecule has 0 spiro atoms. The van der Waals surface area contributed by atoms with E-state index < -0.39 is 5.54 Å². The number of nitrogens with two attached hydrogens (primary N) is 1. The van der Waals surface area contributed by atoms with Crippen molar-refractivity contribution < 1.29 is 9.90 Å². The first-order chi connectivity index (χ1) is 8.54. The molecule has 1 aliphatic rings. The van der Waals surface area contributed by atoms with Gasteiger partial charge in [0.15, 0.2) is 0 Å². The SMILES string of the molecule is CC1CCCC(CO)(NC(=O)c2cc(N)c[nH]2)C1. The van der Waals surface area contributed by atoms with E-state index in [9.17, 15) is 9.90 Å². The van der Waals surface area contributed by atoms with Crippen LogP contribution in [0.4, 0.5) is 5.69 Å². The molecular weight excluding hydrogens is 230 g/mol. The molecule has 1 amide bonds. The molecule has 0 aliphatic heterocycles. The highest BCUT2D eigenvalue weighted by Crippen LogP contribution is 2.32. The Balaban J connectivity index is 2.08. The van der Waals surface area contributed by atoms with E-state index in [0.717, 1.165) is 25.7 Å². The van der Waals surface area contributed by atoms with Crippen molar-refractivity contribution in [2.75, 3.05) is 12.3 Å². The molecule has 1 saturated carbocycles. The molecule has 100 valence electrons. The molecule has 2 unspecified atom stereocenters. The van der Waals surface area contributed by atoms with E-state index in [-0.39, 0.29) is 12.5 Å². The standard InChI is InChI=1S/C13H21N3O2/c1-9-3-2-4-13(6-9,8-17)16-12(18)11-5-10(14)7-15-11/h5,7,9,15,17H,2-4,6,8,14H2,1H3,(H,16,18). The largest absolute Gasteiger partial charge is 0.397 e. The van der Waals surface area contributed by atoms with Crippen LogP contribution in [0.1, 0.15) is 43.1 Å². The molecule has 5 heteroatoms. The van der Waals surface area contributed by atoms with Crippen LogP contribution in [0.2, 0.25) is 0 Å². The third kappa shape index (κ3) is 2.67. The minimum atomic E-state index is -0.478. The van der Waals surface area contributed by atoms with Crippen LogP contribution in [-0.2, 0) is 0 Å². The summed E-state index contributed by atoms with van der Waals surface area (Å²) in [6.45, 7) is 2.14. The van der Waals surface area contributed by atoms with Gasteiger partial charge in [0.1, 0.15) is 5.69 Å². The molecule has 2 rings (SSSR count). The molecule has 0 radical (unpaired) electrons. The van der Waals surface area contributed by atoms with Crippen LogP contribution in [-0.4, -0.2) is 28.1 Å². The number of anilines is 1. The third-order valence-corrected chi connectivity index (χ3v) is 3.72. The molecule has 5 nitrogen and oxygen atoms in total. The maximum absolute atomic E-state index is 12.1. The summed E-state index contributed by atoms with van der Waals surface area (Å²) in [5.74, 6) is 0.328. The van der Waals surface area contributed by atoms with Gasteiger partial charge in [0.05, 0.1) is 12.1 Å². The first kappa shape index (κ1) is 13.0. The van der Waals surface area contributed by atoms with Gasteiger partial charge in [0, 0.05) is 11.9 Å². The molecular formula is C13H21N3O2. The lowest BCUT2D eigenvalue weighted by atomic mass is 9.77. The highest BCUT2D eigenvalue weighted by Gasteiger charge is 2.36. The van der Waals surface area contributed by atoms with Crippen molar-refractivity contribution in [1.29, 1.82) is 0 Å². The van der Waals surface area contributed by atoms with E-state index in [2.05, 4.69) is 17.2 Å².